The lowest BCUT2D eigenvalue weighted by molar-refractivity contribution is -0.138. The number of ketones is 1. The van der Waals surface area contributed by atoms with Gasteiger partial charge in [0.05, 0.1) is 6.54 Å². The molecule has 0 amide bonds. The van der Waals surface area contributed by atoms with Crippen LogP contribution in [0.3, 0.4) is 0 Å². The molecule has 0 saturated heterocycles. The first kappa shape index (κ1) is 22.2. The molecule has 0 aliphatic rings. The summed E-state index contributed by atoms with van der Waals surface area (Å²) >= 11 is 0. The average molecular weight is 418 g/mol. The molecule has 0 aromatic heterocycles. The van der Waals surface area contributed by atoms with Crippen LogP contribution in [0, 0.1) is 6.92 Å². The van der Waals surface area contributed by atoms with Crippen molar-refractivity contribution < 1.29 is 19.4 Å². The molecule has 3 aromatic rings. The molecule has 0 spiro atoms. The van der Waals surface area contributed by atoms with E-state index in [1.54, 1.807) is 24.1 Å². The Balaban J connectivity index is 1.77. The van der Waals surface area contributed by atoms with E-state index in [1.165, 1.54) is 0 Å². The Bertz CT molecular complexity index is 1020. The number of nitrogens with zero attached hydrogens (tertiary/aromatic N) is 1. The number of rotatable bonds is 10. The normalized spacial score (nSPS) is 11.8. The lowest BCUT2D eigenvalue weighted by atomic mass is 10.0. The minimum Gasteiger partial charge on any atom is -0.486 e. The van der Waals surface area contributed by atoms with Crippen molar-refractivity contribution in [3.8, 4) is 5.75 Å². The summed E-state index contributed by atoms with van der Waals surface area (Å²) in [5.74, 6) is -0.308. The lowest BCUT2D eigenvalue weighted by Gasteiger charge is -2.23. The third-order valence-electron chi connectivity index (χ3n) is 5.04. The number of carboxylic acids is 1. The molecule has 3 aromatic carbocycles. The standard InChI is InChI=1S/C26H27NO4/c1-19-11-13-21(14-12-19)26(30)22-9-6-10-23(17-22)31-24(20-7-4-3-5-8-20)15-16-27(2)18-25(28)29/h3-14,17,24H,15-16,18H2,1-2H3,(H,28,29). The van der Waals surface area contributed by atoms with E-state index < -0.39 is 5.97 Å². The van der Waals surface area contributed by atoms with E-state index in [9.17, 15) is 9.59 Å². The number of hydrogen-bond acceptors (Lipinski definition) is 4. The molecule has 0 aliphatic carbocycles. The zero-order chi connectivity index (χ0) is 22.2. The highest BCUT2D eigenvalue weighted by atomic mass is 16.5. The Morgan fingerprint density at radius 2 is 1.65 bits per heavy atom. The van der Waals surface area contributed by atoms with Gasteiger partial charge in [-0.3, -0.25) is 14.5 Å². The van der Waals surface area contributed by atoms with Crippen LogP contribution >= 0.6 is 0 Å². The Kier molecular flexibility index (Phi) is 7.57. The number of benzene rings is 3. The maximum absolute atomic E-state index is 12.9. The fourth-order valence-electron chi connectivity index (χ4n) is 3.36. The van der Waals surface area contributed by atoms with Gasteiger partial charge in [-0.05, 0) is 31.7 Å². The number of carboxylic acid groups (broad SMARTS) is 1. The monoisotopic (exact) mass is 417 g/mol. The van der Waals surface area contributed by atoms with Gasteiger partial charge in [0, 0.05) is 24.1 Å². The molecule has 160 valence electrons. The number of carbonyl (C=O) groups excluding carboxylic acids is 1. The van der Waals surface area contributed by atoms with E-state index in [1.807, 2.05) is 73.7 Å². The number of carbonyl (C=O) groups is 2. The van der Waals surface area contributed by atoms with Gasteiger partial charge in [0.15, 0.2) is 5.78 Å². The minimum absolute atomic E-state index is 0.0257. The van der Waals surface area contributed by atoms with Crippen LogP contribution in [0.5, 0.6) is 5.75 Å². The van der Waals surface area contributed by atoms with Crippen molar-refractivity contribution in [3.63, 3.8) is 0 Å². The Morgan fingerprint density at radius 1 is 0.935 bits per heavy atom. The number of likely N-dealkylation sites (N-methyl/N-ethyl adjacent to an activating group) is 1. The molecule has 3 rings (SSSR count). The molecule has 0 aliphatic heterocycles. The summed E-state index contributed by atoms with van der Waals surface area (Å²) in [6.07, 6.45) is 0.353. The molecular weight excluding hydrogens is 390 g/mol. The van der Waals surface area contributed by atoms with Crippen molar-refractivity contribution in [1.82, 2.24) is 4.90 Å². The second-order valence-corrected chi connectivity index (χ2v) is 7.66. The van der Waals surface area contributed by atoms with Crippen molar-refractivity contribution in [2.45, 2.75) is 19.4 Å². The molecule has 5 heteroatoms. The highest BCUT2D eigenvalue weighted by Gasteiger charge is 2.17. The SMILES string of the molecule is Cc1ccc(C(=O)c2cccc(OC(CCN(C)CC(=O)O)c3ccccc3)c2)cc1. The van der Waals surface area contributed by atoms with E-state index in [4.69, 9.17) is 9.84 Å². The molecule has 1 N–H and O–H groups in total. The smallest absolute Gasteiger partial charge is 0.317 e. The van der Waals surface area contributed by atoms with Gasteiger partial charge in [0.1, 0.15) is 11.9 Å². The van der Waals surface area contributed by atoms with E-state index in [0.29, 0.717) is 29.8 Å². The van der Waals surface area contributed by atoms with Crippen LogP contribution in [-0.2, 0) is 4.79 Å². The zero-order valence-corrected chi connectivity index (χ0v) is 17.8. The van der Waals surface area contributed by atoms with Gasteiger partial charge >= 0.3 is 5.97 Å². The van der Waals surface area contributed by atoms with Crippen molar-refractivity contribution in [2.24, 2.45) is 0 Å². The summed E-state index contributed by atoms with van der Waals surface area (Å²) in [4.78, 5) is 25.6. The second kappa shape index (κ2) is 10.5. The summed E-state index contributed by atoms with van der Waals surface area (Å²) in [5, 5.41) is 8.99. The molecule has 0 fully saturated rings. The fraction of sp³-hybridized carbons (Fsp3) is 0.231. The van der Waals surface area contributed by atoms with Gasteiger partial charge < -0.3 is 9.84 Å². The first-order chi connectivity index (χ1) is 14.9. The molecule has 0 saturated carbocycles. The summed E-state index contributed by atoms with van der Waals surface area (Å²) in [6.45, 7) is 2.52. The fourth-order valence-corrected chi connectivity index (χ4v) is 3.36. The lowest BCUT2D eigenvalue weighted by Crippen LogP contribution is -2.28. The van der Waals surface area contributed by atoms with Crippen LogP contribution in [0.2, 0.25) is 0 Å². The molecule has 1 atom stereocenters. The van der Waals surface area contributed by atoms with Gasteiger partial charge in [-0.2, -0.15) is 0 Å². The molecular formula is C26H27NO4. The quantitative estimate of drug-likeness (QED) is 0.482. The molecule has 0 radical (unpaired) electrons. The van der Waals surface area contributed by atoms with Crippen LogP contribution in [0.1, 0.15) is 39.6 Å². The predicted molar refractivity (Wildman–Crippen MR) is 121 cm³/mol. The largest absolute Gasteiger partial charge is 0.486 e. The van der Waals surface area contributed by atoms with E-state index in [2.05, 4.69) is 0 Å². The van der Waals surface area contributed by atoms with E-state index >= 15 is 0 Å². The van der Waals surface area contributed by atoms with Crippen molar-refractivity contribution in [3.05, 3.63) is 101 Å². The van der Waals surface area contributed by atoms with Crippen molar-refractivity contribution >= 4 is 11.8 Å². The highest BCUT2D eigenvalue weighted by molar-refractivity contribution is 6.09. The first-order valence-electron chi connectivity index (χ1n) is 10.3. The third-order valence-corrected chi connectivity index (χ3v) is 5.04. The summed E-state index contributed by atoms with van der Waals surface area (Å²) in [7, 11) is 1.77. The van der Waals surface area contributed by atoms with Crippen LogP contribution in [0.15, 0.2) is 78.9 Å². The van der Waals surface area contributed by atoms with Crippen molar-refractivity contribution in [2.75, 3.05) is 20.1 Å². The highest BCUT2D eigenvalue weighted by Crippen LogP contribution is 2.26. The van der Waals surface area contributed by atoms with Gasteiger partial charge in [-0.25, -0.2) is 0 Å². The third kappa shape index (κ3) is 6.52. The Hall–Kier alpha value is -3.44. The summed E-state index contributed by atoms with van der Waals surface area (Å²) < 4.78 is 6.28. The van der Waals surface area contributed by atoms with Crippen LogP contribution < -0.4 is 4.74 Å². The number of aryl methyl sites for hydroxylation is 1. The number of aliphatic carboxylic acids is 1. The maximum atomic E-state index is 12.9. The maximum Gasteiger partial charge on any atom is 0.317 e. The molecule has 0 heterocycles. The molecule has 1 unspecified atom stereocenters. The van der Waals surface area contributed by atoms with Gasteiger partial charge in [0.25, 0.3) is 0 Å². The van der Waals surface area contributed by atoms with Crippen LogP contribution in [0.25, 0.3) is 0 Å². The molecule has 5 nitrogen and oxygen atoms in total. The molecule has 31 heavy (non-hydrogen) atoms. The number of ether oxygens (including phenoxy) is 1. The molecule has 0 bridgehead atoms. The van der Waals surface area contributed by atoms with Gasteiger partial charge in [-0.1, -0.05) is 72.3 Å². The minimum atomic E-state index is -0.859. The second-order valence-electron chi connectivity index (χ2n) is 7.66. The van der Waals surface area contributed by atoms with Crippen LogP contribution in [0.4, 0.5) is 0 Å². The van der Waals surface area contributed by atoms with Gasteiger partial charge in [-0.15, -0.1) is 0 Å². The first-order valence-corrected chi connectivity index (χ1v) is 10.3. The Labute approximate surface area is 182 Å². The number of hydrogen-bond donors (Lipinski definition) is 1. The van der Waals surface area contributed by atoms with Gasteiger partial charge in [0.2, 0.25) is 0 Å². The summed E-state index contributed by atoms with van der Waals surface area (Å²) in [6, 6.07) is 24.5. The van der Waals surface area contributed by atoms with E-state index in [0.717, 1.165) is 11.1 Å². The Morgan fingerprint density at radius 3 is 2.32 bits per heavy atom. The average Bonchev–Trinajstić information content (AvgIpc) is 2.77. The summed E-state index contributed by atoms with van der Waals surface area (Å²) in [5.41, 5.74) is 3.31. The van der Waals surface area contributed by atoms with Crippen molar-refractivity contribution in [1.29, 1.82) is 0 Å². The predicted octanol–water partition coefficient (Wildman–Crippen LogP) is 4.75. The van der Waals surface area contributed by atoms with Crippen LogP contribution in [-0.4, -0.2) is 41.9 Å². The van der Waals surface area contributed by atoms with E-state index in [-0.39, 0.29) is 18.4 Å². The zero-order valence-electron chi connectivity index (χ0n) is 17.8. The topological polar surface area (TPSA) is 66.8 Å².